The van der Waals surface area contributed by atoms with E-state index in [1.807, 2.05) is 97.1 Å². The van der Waals surface area contributed by atoms with Crippen molar-refractivity contribution in [1.82, 2.24) is 0 Å². The van der Waals surface area contributed by atoms with Gasteiger partial charge in [0.05, 0.1) is 53.1 Å². The zero-order valence-electron chi connectivity index (χ0n) is 25.9. The Morgan fingerprint density at radius 2 is 0.522 bits per heavy atom. The van der Waals surface area contributed by atoms with Crippen LogP contribution in [0.1, 0.15) is 47.9 Å². The SMILES string of the molecule is FCCCOc1ccc(C(=C(c2ccc(OCCCF)cc2)c2ccc(OCCCF)cc2)c2ccc(OCCCF)cc2)cc1. The standard InChI is InChI=1S/C38H40F4O4/c39-21-1-25-43-33-13-5-29(6-14-33)37(30-7-15-34(16-8-30)44-26-2-22-40)38(31-9-17-35(18-10-31)45-27-3-23-41)32-11-19-36(20-12-32)46-28-4-24-42/h5-20H,1-4,21-28H2. The molecule has 0 aliphatic carbocycles. The summed E-state index contributed by atoms with van der Waals surface area (Å²) in [5, 5.41) is 0. The second-order valence-electron chi connectivity index (χ2n) is 10.4. The maximum absolute atomic E-state index is 12.6. The van der Waals surface area contributed by atoms with Crippen LogP contribution in [0.3, 0.4) is 0 Å². The molecule has 0 bridgehead atoms. The van der Waals surface area contributed by atoms with Crippen LogP contribution in [0.25, 0.3) is 11.1 Å². The maximum atomic E-state index is 12.6. The third kappa shape index (κ3) is 10.3. The summed E-state index contributed by atoms with van der Waals surface area (Å²) >= 11 is 0. The van der Waals surface area contributed by atoms with E-state index in [0.29, 0.717) is 48.7 Å². The Kier molecular flexibility index (Phi) is 14.3. The van der Waals surface area contributed by atoms with E-state index in [0.717, 1.165) is 33.4 Å². The Bertz CT molecular complexity index is 1230. The molecule has 4 aromatic rings. The van der Waals surface area contributed by atoms with Crippen molar-refractivity contribution in [1.29, 1.82) is 0 Å². The van der Waals surface area contributed by atoms with Crippen molar-refractivity contribution < 1.29 is 36.5 Å². The lowest BCUT2D eigenvalue weighted by Crippen LogP contribution is -2.02. The van der Waals surface area contributed by atoms with Crippen molar-refractivity contribution in [3.05, 3.63) is 119 Å². The molecule has 0 saturated carbocycles. The highest BCUT2D eigenvalue weighted by Gasteiger charge is 2.17. The van der Waals surface area contributed by atoms with E-state index in [4.69, 9.17) is 18.9 Å². The number of alkyl halides is 4. The van der Waals surface area contributed by atoms with E-state index in [2.05, 4.69) is 0 Å². The summed E-state index contributed by atoms with van der Waals surface area (Å²) in [5.41, 5.74) is 5.47. The lowest BCUT2D eigenvalue weighted by atomic mass is 9.85. The molecule has 4 rings (SSSR count). The molecule has 4 nitrogen and oxygen atoms in total. The van der Waals surface area contributed by atoms with Crippen molar-refractivity contribution in [2.24, 2.45) is 0 Å². The third-order valence-electron chi connectivity index (χ3n) is 7.01. The molecule has 0 aliphatic rings. The van der Waals surface area contributed by atoms with Gasteiger partial charge in [-0.15, -0.1) is 0 Å². The molecule has 0 radical (unpaired) electrons. The first kappa shape index (κ1) is 34.4. The van der Waals surface area contributed by atoms with Gasteiger partial charge in [-0.05, 0) is 81.9 Å². The molecule has 8 heteroatoms. The predicted molar refractivity (Wildman–Crippen MR) is 175 cm³/mol. The van der Waals surface area contributed by atoms with Crippen LogP contribution >= 0.6 is 0 Å². The van der Waals surface area contributed by atoms with E-state index in [9.17, 15) is 17.6 Å². The van der Waals surface area contributed by atoms with Crippen molar-refractivity contribution in [2.45, 2.75) is 25.7 Å². The van der Waals surface area contributed by atoms with Crippen LogP contribution in [0.15, 0.2) is 97.1 Å². The van der Waals surface area contributed by atoms with Gasteiger partial charge in [0, 0.05) is 25.7 Å². The highest BCUT2D eigenvalue weighted by atomic mass is 19.1. The highest BCUT2D eigenvalue weighted by molar-refractivity contribution is 6.04. The van der Waals surface area contributed by atoms with Crippen LogP contribution in [-0.2, 0) is 0 Å². The molecule has 0 fully saturated rings. The van der Waals surface area contributed by atoms with Crippen molar-refractivity contribution in [2.75, 3.05) is 53.1 Å². The van der Waals surface area contributed by atoms with Crippen LogP contribution in [0.5, 0.6) is 23.0 Å². The number of rotatable bonds is 20. The fraction of sp³-hybridized carbons (Fsp3) is 0.316. The second kappa shape index (κ2) is 19.1. The van der Waals surface area contributed by atoms with Crippen LogP contribution in [-0.4, -0.2) is 53.1 Å². The molecule has 4 aromatic carbocycles. The van der Waals surface area contributed by atoms with Crippen LogP contribution < -0.4 is 18.9 Å². The first-order valence-electron chi connectivity index (χ1n) is 15.6. The second-order valence-corrected chi connectivity index (χ2v) is 10.4. The first-order chi connectivity index (χ1) is 22.7. The minimum absolute atomic E-state index is 0.285. The molecule has 0 aromatic heterocycles. The zero-order chi connectivity index (χ0) is 32.4. The van der Waals surface area contributed by atoms with Gasteiger partial charge in [0.2, 0.25) is 0 Å². The van der Waals surface area contributed by atoms with Crippen LogP contribution in [0.2, 0.25) is 0 Å². The van der Waals surface area contributed by atoms with Gasteiger partial charge in [-0.1, -0.05) is 48.5 Å². The minimum atomic E-state index is -0.443. The van der Waals surface area contributed by atoms with E-state index in [1.54, 1.807) is 0 Å². The van der Waals surface area contributed by atoms with E-state index in [1.165, 1.54) is 0 Å². The molecule has 46 heavy (non-hydrogen) atoms. The quantitative estimate of drug-likeness (QED) is 0.0550. The highest BCUT2D eigenvalue weighted by Crippen LogP contribution is 2.39. The monoisotopic (exact) mass is 636 g/mol. The summed E-state index contributed by atoms with van der Waals surface area (Å²) in [6.45, 7) is -0.634. The number of halogens is 4. The van der Waals surface area contributed by atoms with Gasteiger partial charge in [0.15, 0.2) is 0 Å². The molecule has 0 spiro atoms. The lowest BCUT2D eigenvalue weighted by molar-refractivity contribution is 0.289. The molecule has 0 N–H and O–H groups in total. The lowest BCUT2D eigenvalue weighted by Gasteiger charge is -2.19. The topological polar surface area (TPSA) is 36.9 Å². The molecule has 244 valence electrons. The summed E-state index contributed by atoms with van der Waals surface area (Å²) in [6.07, 6.45) is 1.27. The van der Waals surface area contributed by atoms with Crippen LogP contribution in [0.4, 0.5) is 17.6 Å². The average molecular weight is 637 g/mol. The molecular weight excluding hydrogens is 596 g/mol. The first-order valence-corrected chi connectivity index (χ1v) is 15.6. The summed E-state index contributed by atoms with van der Waals surface area (Å²) in [6, 6.07) is 30.7. The van der Waals surface area contributed by atoms with Gasteiger partial charge in [0.25, 0.3) is 0 Å². The van der Waals surface area contributed by atoms with Crippen molar-refractivity contribution >= 4 is 11.1 Å². The van der Waals surface area contributed by atoms with Gasteiger partial charge in [-0.2, -0.15) is 0 Å². The summed E-state index contributed by atoms with van der Waals surface area (Å²) < 4.78 is 73.4. The summed E-state index contributed by atoms with van der Waals surface area (Å²) in [5.74, 6) is 2.55. The Balaban J connectivity index is 1.83. The minimum Gasteiger partial charge on any atom is -0.493 e. The van der Waals surface area contributed by atoms with Gasteiger partial charge >= 0.3 is 0 Å². The number of hydrogen-bond acceptors (Lipinski definition) is 4. The summed E-state index contributed by atoms with van der Waals surface area (Å²) in [4.78, 5) is 0. The van der Waals surface area contributed by atoms with Gasteiger partial charge in [0.1, 0.15) is 23.0 Å². The molecular formula is C38H40F4O4. The van der Waals surface area contributed by atoms with E-state index >= 15 is 0 Å². The molecule has 0 unspecified atom stereocenters. The fourth-order valence-corrected chi connectivity index (χ4v) is 4.76. The third-order valence-corrected chi connectivity index (χ3v) is 7.01. The van der Waals surface area contributed by atoms with Gasteiger partial charge in [-0.3, -0.25) is 17.6 Å². The Labute approximate surface area is 268 Å². The molecule has 0 heterocycles. The number of ether oxygens (including phenoxy) is 4. The number of hydrogen-bond donors (Lipinski definition) is 0. The molecule has 0 amide bonds. The van der Waals surface area contributed by atoms with E-state index < -0.39 is 26.7 Å². The van der Waals surface area contributed by atoms with Gasteiger partial charge in [-0.25, -0.2) is 0 Å². The predicted octanol–water partition coefficient (Wildman–Crippen LogP) is 9.65. The molecule has 0 aliphatic heterocycles. The normalized spacial score (nSPS) is 10.8. The Hall–Kier alpha value is -4.46. The smallest absolute Gasteiger partial charge is 0.119 e. The van der Waals surface area contributed by atoms with Crippen molar-refractivity contribution in [3.63, 3.8) is 0 Å². The number of benzene rings is 4. The Morgan fingerprint density at radius 3 is 0.696 bits per heavy atom. The van der Waals surface area contributed by atoms with Crippen LogP contribution in [0, 0.1) is 0 Å². The fourth-order valence-electron chi connectivity index (χ4n) is 4.76. The van der Waals surface area contributed by atoms with Crippen molar-refractivity contribution in [3.8, 4) is 23.0 Å². The summed E-state index contributed by atoms with van der Waals surface area (Å²) in [7, 11) is 0. The van der Waals surface area contributed by atoms with E-state index in [-0.39, 0.29) is 26.4 Å². The molecule has 0 atom stereocenters. The largest absolute Gasteiger partial charge is 0.493 e. The average Bonchev–Trinajstić information content (AvgIpc) is 3.09. The van der Waals surface area contributed by atoms with Gasteiger partial charge < -0.3 is 18.9 Å². The maximum Gasteiger partial charge on any atom is 0.119 e. The molecule has 0 saturated heterocycles. The zero-order valence-corrected chi connectivity index (χ0v) is 25.9. The Morgan fingerprint density at radius 1 is 0.326 bits per heavy atom.